The van der Waals surface area contributed by atoms with E-state index in [9.17, 15) is 18.0 Å². The van der Waals surface area contributed by atoms with Crippen molar-refractivity contribution in [1.29, 1.82) is 0 Å². The van der Waals surface area contributed by atoms with Gasteiger partial charge in [0.1, 0.15) is 21.0 Å². The first-order valence-electron chi connectivity index (χ1n) is 14.6. The summed E-state index contributed by atoms with van der Waals surface area (Å²) in [6, 6.07) is 24.6. The summed E-state index contributed by atoms with van der Waals surface area (Å²) in [5, 5.41) is 8.61. The third kappa shape index (κ3) is 7.25. The maximum atomic E-state index is 15.2. The normalized spacial score (nSPS) is 13.7. The van der Waals surface area contributed by atoms with E-state index in [0.29, 0.717) is 42.9 Å². The van der Waals surface area contributed by atoms with Crippen LogP contribution in [0.5, 0.6) is 11.5 Å². The minimum absolute atomic E-state index is 0.0175. The first-order chi connectivity index (χ1) is 22.1. The van der Waals surface area contributed by atoms with E-state index in [1.807, 2.05) is 36.4 Å². The van der Waals surface area contributed by atoms with Gasteiger partial charge in [-0.25, -0.2) is 12.8 Å². The minimum atomic E-state index is -3.01. The summed E-state index contributed by atoms with van der Waals surface area (Å²) in [6.07, 6.45) is 3.64. The second kappa shape index (κ2) is 13.0. The number of pyridine rings is 1. The number of amides is 2. The van der Waals surface area contributed by atoms with E-state index in [-0.39, 0.29) is 23.1 Å². The number of fused-ring (bicyclic) bond motifs is 1. The van der Waals surface area contributed by atoms with Crippen LogP contribution in [0.3, 0.4) is 0 Å². The average Bonchev–Trinajstić information content (AvgIpc) is 3.74. The number of carbonyl (C=O) groups is 2. The second-order valence-corrected chi connectivity index (χ2v) is 14.6. The van der Waals surface area contributed by atoms with Gasteiger partial charge in [-0.1, -0.05) is 42.5 Å². The quantitative estimate of drug-likeness (QED) is 0.105. The lowest BCUT2D eigenvalue weighted by Gasteiger charge is -2.16. The van der Waals surface area contributed by atoms with Gasteiger partial charge in [0.2, 0.25) is 11.8 Å². The number of ether oxygens (including phenoxy) is 1. The highest BCUT2D eigenvalue weighted by atomic mass is 32.2. The number of thiophene rings is 1. The number of nitrogens with one attached hydrogen (secondary N) is 3. The van der Waals surface area contributed by atoms with Gasteiger partial charge in [-0.2, -0.15) is 0 Å². The average molecular weight is 659 g/mol. The van der Waals surface area contributed by atoms with Crippen LogP contribution in [0.25, 0.3) is 20.7 Å². The van der Waals surface area contributed by atoms with Crippen molar-refractivity contribution in [1.82, 2.24) is 10.3 Å². The standard InChI is InChI=1S/C34H31FN4O5S2/c1-46(42,43)18-17-36-21-22-7-9-23(10-8-22)30-20-27-31(45-30)29(13-16-37-27)44-28-12-11-25(19-26(28)35)39-33(41)34(14-15-34)32(40)38-24-5-3-2-4-6-24/h2-13,16,19-20,36H,14-15,17-18,21H2,1H3,(H,38,40)(H,39,41). The summed E-state index contributed by atoms with van der Waals surface area (Å²) in [4.78, 5) is 31.3. The highest BCUT2D eigenvalue weighted by Crippen LogP contribution is 2.48. The fourth-order valence-corrected chi connectivity index (χ4v) is 6.49. The molecule has 3 N–H and O–H groups in total. The van der Waals surface area contributed by atoms with E-state index >= 15 is 4.39 Å². The number of aromatic nitrogens is 1. The van der Waals surface area contributed by atoms with Gasteiger partial charge in [0, 0.05) is 53.9 Å². The van der Waals surface area contributed by atoms with Gasteiger partial charge in [-0.3, -0.25) is 14.6 Å². The van der Waals surface area contributed by atoms with E-state index < -0.39 is 27.0 Å². The van der Waals surface area contributed by atoms with Crippen LogP contribution >= 0.6 is 11.3 Å². The van der Waals surface area contributed by atoms with Crippen LogP contribution in [0, 0.1) is 11.2 Å². The van der Waals surface area contributed by atoms with Crippen molar-refractivity contribution in [2.45, 2.75) is 19.4 Å². The second-order valence-electron chi connectivity index (χ2n) is 11.2. The number of nitrogens with zero attached hydrogens (tertiary/aromatic N) is 1. The van der Waals surface area contributed by atoms with Crippen molar-refractivity contribution in [3.05, 3.63) is 103 Å². The van der Waals surface area contributed by atoms with Crippen LogP contribution < -0.4 is 20.7 Å². The molecule has 2 aromatic heterocycles. The maximum absolute atomic E-state index is 15.2. The van der Waals surface area contributed by atoms with Gasteiger partial charge in [0.25, 0.3) is 0 Å². The Hall–Kier alpha value is -4.65. The first kappa shape index (κ1) is 31.3. The lowest BCUT2D eigenvalue weighted by atomic mass is 10.0. The molecule has 12 heteroatoms. The molecule has 2 amide bonds. The molecule has 0 atom stereocenters. The van der Waals surface area contributed by atoms with E-state index in [1.165, 1.54) is 35.8 Å². The lowest BCUT2D eigenvalue weighted by molar-refractivity contribution is -0.131. The molecule has 0 unspecified atom stereocenters. The van der Waals surface area contributed by atoms with E-state index in [4.69, 9.17) is 4.74 Å². The van der Waals surface area contributed by atoms with Crippen LogP contribution in [-0.2, 0) is 26.0 Å². The summed E-state index contributed by atoms with van der Waals surface area (Å²) in [5.74, 6) is -1.02. The molecule has 0 aliphatic heterocycles. The molecule has 1 aliphatic rings. The summed E-state index contributed by atoms with van der Waals surface area (Å²) in [6.45, 7) is 0.943. The molecule has 2 heterocycles. The first-order valence-corrected chi connectivity index (χ1v) is 17.5. The number of sulfone groups is 1. The molecule has 0 saturated heterocycles. The molecule has 1 aliphatic carbocycles. The monoisotopic (exact) mass is 658 g/mol. The molecule has 46 heavy (non-hydrogen) atoms. The van der Waals surface area contributed by atoms with Gasteiger partial charge in [-0.15, -0.1) is 11.3 Å². The highest BCUT2D eigenvalue weighted by molar-refractivity contribution is 7.90. The summed E-state index contributed by atoms with van der Waals surface area (Å²) in [7, 11) is -3.01. The third-order valence-corrected chi connectivity index (χ3v) is 9.79. The molecule has 3 aromatic carbocycles. The van der Waals surface area contributed by atoms with Crippen LogP contribution in [0.15, 0.2) is 91.1 Å². The number of halogens is 1. The zero-order valence-corrected chi connectivity index (χ0v) is 26.5. The van der Waals surface area contributed by atoms with Crippen molar-refractivity contribution >= 4 is 54.6 Å². The van der Waals surface area contributed by atoms with Gasteiger partial charge in [0.05, 0.1) is 16.0 Å². The molecule has 1 fully saturated rings. The zero-order valence-electron chi connectivity index (χ0n) is 24.9. The Bertz CT molecular complexity index is 2010. The summed E-state index contributed by atoms with van der Waals surface area (Å²) in [5.41, 5.74) is 2.36. The Morgan fingerprint density at radius 3 is 2.30 bits per heavy atom. The molecule has 0 spiro atoms. The number of rotatable bonds is 12. The minimum Gasteiger partial charge on any atom is -0.453 e. The Morgan fingerprint density at radius 2 is 1.63 bits per heavy atom. The smallest absolute Gasteiger partial charge is 0.240 e. The van der Waals surface area contributed by atoms with Crippen LogP contribution in [0.4, 0.5) is 15.8 Å². The number of hydrogen-bond acceptors (Lipinski definition) is 8. The number of hydrogen-bond donors (Lipinski definition) is 3. The number of anilines is 2. The van der Waals surface area contributed by atoms with Crippen LogP contribution in [0.1, 0.15) is 18.4 Å². The van der Waals surface area contributed by atoms with Gasteiger partial charge in [-0.05, 0) is 54.3 Å². The molecule has 0 bridgehead atoms. The fourth-order valence-electron chi connectivity index (χ4n) is 4.90. The summed E-state index contributed by atoms with van der Waals surface area (Å²) >= 11 is 1.47. The number of benzene rings is 3. The third-order valence-electron chi connectivity index (χ3n) is 7.65. The Kier molecular flexibility index (Phi) is 8.85. The Morgan fingerprint density at radius 1 is 0.913 bits per heavy atom. The Balaban J connectivity index is 1.11. The van der Waals surface area contributed by atoms with Gasteiger partial charge in [0.15, 0.2) is 11.6 Å². The maximum Gasteiger partial charge on any atom is 0.240 e. The number of para-hydroxylation sites is 1. The molecular weight excluding hydrogens is 628 g/mol. The molecule has 6 rings (SSSR count). The SMILES string of the molecule is CS(=O)(=O)CCNCc1ccc(-c2cc3nccc(Oc4ccc(NC(=O)C5(C(=O)Nc6ccccc6)CC5)cc4F)c3s2)cc1. The van der Waals surface area contributed by atoms with Crippen molar-refractivity contribution in [2.75, 3.05) is 29.2 Å². The van der Waals surface area contributed by atoms with Crippen LogP contribution in [0.2, 0.25) is 0 Å². The van der Waals surface area contributed by atoms with Crippen molar-refractivity contribution in [3.63, 3.8) is 0 Å². The highest BCUT2D eigenvalue weighted by Gasteiger charge is 2.56. The van der Waals surface area contributed by atoms with E-state index in [1.54, 1.807) is 36.5 Å². The molecule has 236 valence electrons. The molecule has 0 radical (unpaired) electrons. The summed E-state index contributed by atoms with van der Waals surface area (Å²) < 4.78 is 44.6. The molecule has 1 saturated carbocycles. The topological polar surface area (TPSA) is 126 Å². The Labute approximate surface area is 269 Å². The fraction of sp³-hybridized carbons (Fsp3) is 0.206. The van der Waals surface area contributed by atoms with Crippen molar-refractivity contribution in [2.24, 2.45) is 5.41 Å². The molecule has 9 nitrogen and oxygen atoms in total. The lowest BCUT2D eigenvalue weighted by Crippen LogP contribution is -2.35. The van der Waals surface area contributed by atoms with Gasteiger partial charge < -0.3 is 20.7 Å². The van der Waals surface area contributed by atoms with E-state index in [0.717, 1.165) is 20.7 Å². The molecule has 5 aromatic rings. The van der Waals surface area contributed by atoms with E-state index in [2.05, 4.69) is 20.9 Å². The van der Waals surface area contributed by atoms with Crippen LogP contribution in [-0.4, -0.2) is 43.8 Å². The zero-order chi connectivity index (χ0) is 32.3. The van der Waals surface area contributed by atoms with Crippen molar-refractivity contribution < 1.29 is 27.1 Å². The van der Waals surface area contributed by atoms with Crippen molar-refractivity contribution in [3.8, 4) is 21.9 Å². The molecular formula is C34H31FN4O5S2. The number of carbonyl (C=O) groups excluding carboxylic acids is 2. The van der Waals surface area contributed by atoms with Gasteiger partial charge >= 0.3 is 0 Å². The largest absolute Gasteiger partial charge is 0.453 e. The predicted molar refractivity (Wildman–Crippen MR) is 178 cm³/mol. The predicted octanol–water partition coefficient (Wildman–Crippen LogP) is 6.39.